The third-order valence-corrected chi connectivity index (χ3v) is 5.97. The van der Waals surface area contributed by atoms with Crippen LogP contribution in [0.2, 0.25) is 0 Å². The summed E-state index contributed by atoms with van der Waals surface area (Å²) in [6, 6.07) is 18.4. The molecule has 0 saturated carbocycles. The Morgan fingerprint density at radius 1 is 1.03 bits per heavy atom. The second kappa shape index (κ2) is 10.4. The summed E-state index contributed by atoms with van der Waals surface area (Å²) in [5, 5.41) is 10.2. The molecule has 0 bridgehead atoms. The van der Waals surface area contributed by atoms with Gasteiger partial charge in [-0.1, -0.05) is 30.3 Å². The topological polar surface area (TPSA) is 90.8 Å². The Morgan fingerprint density at radius 3 is 2.12 bits per heavy atom. The number of aliphatic carboxylic acids is 1. The number of rotatable bonds is 10. The van der Waals surface area contributed by atoms with Crippen LogP contribution < -0.4 is 14.2 Å². The van der Waals surface area contributed by atoms with Gasteiger partial charge in [-0.2, -0.15) is 9.97 Å². The van der Waals surface area contributed by atoms with Crippen LogP contribution in [0.15, 0.2) is 65.6 Å². The van der Waals surface area contributed by atoms with Gasteiger partial charge in [0.2, 0.25) is 11.8 Å². The van der Waals surface area contributed by atoms with Crippen molar-refractivity contribution in [2.24, 2.45) is 5.92 Å². The van der Waals surface area contributed by atoms with Crippen molar-refractivity contribution in [3.05, 3.63) is 72.1 Å². The number of thioether (sulfide) groups is 1. The average molecular weight is 455 g/mol. The molecule has 168 valence electrons. The molecule has 0 saturated heterocycles. The van der Waals surface area contributed by atoms with Gasteiger partial charge in [-0.3, -0.25) is 4.79 Å². The van der Waals surface area contributed by atoms with Crippen LogP contribution in [-0.4, -0.2) is 41.5 Å². The highest BCUT2D eigenvalue weighted by atomic mass is 32.2. The van der Waals surface area contributed by atoms with Crippen molar-refractivity contribution >= 4 is 17.7 Å². The summed E-state index contributed by atoms with van der Waals surface area (Å²) < 4.78 is 16.8. The molecule has 0 amide bonds. The second-order valence-electron chi connectivity index (χ2n) is 7.21. The molecule has 2 unspecified atom stereocenters. The number of aromatic nitrogens is 2. The largest absolute Gasteiger partial charge is 0.482 e. The van der Waals surface area contributed by atoms with E-state index in [1.807, 2.05) is 60.9 Å². The number of benzene rings is 2. The van der Waals surface area contributed by atoms with Crippen LogP contribution in [-0.2, 0) is 16.8 Å². The number of methoxy groups -OCH3 is 2. The molecular formula is C24H26N2O5S. The first-order chi connectivity index (χ1) is 15.4. The van der Waals surface area contributed by atoms with Crippen molar-refractivity contribution in [1.29, 1.82) is 0 Å². The molecule has 2 atom stereocenters. The summed E-state index contributed by atoms with van der Waals surface area (Å²) in [7, 11) is 2.96. The maximum atomic E-state index is 12.5. The Kier molecular flexibility index (Phi) is 7.58. The van der Waals surface area contributed by atoms with Gasteiger partial charge in [-0.05, 0) is 43.0 Å². The van der Waals surface area contributed by atoms with E-state index >= 15 is 0 Å². The van der Waals surface area contributed by atoms with E-state index in [1.54, 1.807) is 24.8 Å². The highest BCUT2D eigenvalue weighted by Crippen LogP contribution is 2.37. The lowest BCUT2D eigenvalue weighted by Crippen LogP contribution is -2.44. The van der Waals surface area contributed by atoms with Crippen molar-refractivity contribution in [1.82, 2.24) is 9.97 Å². The predicted molar refractivity (Wildman–Crippen MR) is 123 cm³/mol. The van der Waals surface area contributed by atoms with Crippen LogP contribution in [0, 0.1) is 5.92 Å². The second-order valence-corrected chi connectivity index (χ2v) is 8.09. The molecule has 0 aliphatic carbocycles. The van der Waals surface area contributed by atoms with Gasteiger partial charge in [0.15, 0.2) is 0 Å². The van der Waals surface area contributed by atoms with Crippen molar-refractivity contribution in [2.45, 2.75) is 23.8 Å². The minimum atomic E-state index is -1.20. The quantitative estimate of drug-likeness (QED) is 0.449. The molecule has 0 radical (unpaired) electrons. The molecule has 7 nitrogen and oxygen atoms in total. The maximum absolute atomic E-state index is 12.5. The van der Waals surface area contributed by atoms with Gasteiger partial charge in [0.25, 0.3) is 0 Å². The van der Waals surface area contributed by atoms with Gasteiger partial charge in [-0.25, -0.2) is 0 Å². The summed E-state index contributed by atoms with van der Waals surface area (Å²) in [6.07, 6.45) is 2.00. The van der Waals surface area contributed by atoms with E-state index in [2.05, 4.69) is 9.97 Å². The lowest BCUT2D eigenvalue weighted by Gasteiger charge is -2.36. The van der Waals surface area contributed by atoms with Crippen molar-refractivity contribution in [2.75, 3.05) is 20.5 Å². The summed E-state index contributed by atoms with van der Waals surface area (Å²) in [5.74, 6) is -0.567. The van der Waals surface area contributed by atoms with Gasteiger partial charge in [0, 0.05) is 11.3 Å². The normalized spacial score (nSPS) is 13.6. The Morgan fingerprint density at radius 2 is 1.62 bits per heavy atom. The third-order valence-electron chi connectivity index (χ3n) is 5.23. The molecule has 1 N–H and O–H groups in total. The van der Waals surface area contributed by atoms with Crippen molar-refractivity contribution < 1.29 is 24.1 Å². The number of hydrogen-bond acceptors (Lipinski definition) is 7. The summed E-state index contributed by atoms with van der Waals surface area (Å²) >= 11 is 1.62. The minimum Gasteiger partial charge on any atom is -0.482 e. The Bertz CT molecular complexity index is 1020. The van der Waals surface area contributed by atoms with Crippen LogP contribution in [0.3, 0.4) is 0 Å². The van der Waals surface area contributed by atoms with E-state index in [0.717, 1.165) is 10.5 Å². The zero-order valence-corrected chi connectivity index (χ0v) is 19.3. The predicted octanol–water partition coefficient (Wildman–Crippen LogP) is 4.45. The molecule has 0 aliphatic heterocycles. The number of carboxylic acid groups (broad SMARTS) is 1. The first kappa shape index (κ1) is 23.4. The molecule has 1 aromatic heterocycles. The summed E-state index contributed by atoms with van der Waals surface area (Å²) in [6.45, 7) is 1.78. The van der Waals surface area contributed by atoms with Gasteiger partial charge in [-0.15, -0.1) is 11.8 Å². The van der Waals surface area contributed by atoms with Crippen LogP contribution in [0.1, 0.15) is 18.3 Å². The molecule has 2 aromatic carbocycles. The molecule has 3 rings (SSSR count). The maximum Gasteiger partial charge on any atom is 0.311 e. The molecule has 8 heteroatoms. The number of carbonyl (C=O) groups is 1. The fraction of sp³-hybridized carbons (Fsp3) is 0.292. The Labute approximate surface area is 191 Å². The van der Waals surface area contributed by atoms with E-state index in [1.165, 1.54) is 14.2 Å². The SMILES string of the molecule is COc1cc(OC)nc(CC(C(=O)O)C(C)(Oc2ccc(SC)cc2)c2ccccc2)n1. The first-order valence-corrected chi connectivity index (χ1v) is 11.2. The average Bonchev–Trinajstić information content (AvgIpc) is 2.83. The smallest absolute Gasteiger partial charge is 0.311 e. The highest BCUT2D eigenvalue weighted by molar-refractivity contribution is 7.98. The van der Waals surface area contributed by atoms with Gasteiger partial charge in [0.05, 0.1) is 20.3 Å². The first-order valence-electron chi connectivity index (χ1n) is 9.97. The number of hydrogen-bond donors (Lipinski definition) is 1. The van der Waals surface area contributed by atoms with Crippen molar-refractivity contribution in [3.8, 4) is 17.5 Å². The molecule has 0 spiro atoms. The summed E-state index contributed by atoms with van der Waals surface area (Å²) in [5.41, 5.74) is -0.468. The Hall–Kier alpha value is -3.26. The zero-order valence-electron chi connectivity index (χ0n) is 18.4. The fourth-order valence-corrected chi connectivity index (χ4v) is 3.85. The fourth-order valence-electron chi connectivity index (χ4n) is 3.44. The van der Waals surface area contributed by atoms with Gasteiger partial charge in [0.1, 0.15) is 23.1 Å². The monoisotopic (exact) mass is 454 g/mol. The lowest BCUT2D eigenvalue weighted by atomic mass is 9.80. The molecule has 3 aromatic rings. The van der Waals surface area contributed by atoms with Crippen LogP contribution in [0.4, 0.5) is 0 Å². The van der Waals surface area contributed by atoms with E-state index in [4.69, 9.17) is 14.2 Å². The van der Waals surface area contributed by atoms with Crippen LogP contribution >= 0.6 is 11.8 Å². The van der Waals surface area contributed by atoms with E-state index in [9.17, 15) is 9.90 Å². The molecular weight excluding hydrogens is 428 g/mol. The third kappa shape index (κ3) is 5.31. The Balaban J connectivity index is 2.04. The molecule has 1 heterocycles. The van der Waals surface area contributed by atoms with E-state index in [0.29, 0.717) is 17.5 Å². The lowest BCUT2D eigenvalue weighted by molar-refractivity contribution is -0.150. The summed E-state index contributed by atoms with van der Waals surface area (Å²) in [4.78, 5) is 22.3. The van der Waals surface area contributed by atoms with Crippen molar-refractivity contribution in [3.63, 3.8) is 0 Å². The number of nitrogens with zero attached hydrogens (tertiary/aromatic N) is 2. The molecule has 0 aliphatic rings. The minimum absolute atomic E-state index is 0.0111. The number of ether oxygens (including phenoxy) is 3. The molecule has 0 fully saturated rings. The zero-order chi connectivity index (χ0) is 23.1. The standard InChI is InChI=1S/C24H26N2O5S/c1-24(16-8-6-5-7-9-16,31-17-10-12-18(32-4)13-11-17)19(23(27)28)14-20-25-21(29-2)15-22(26-20)30-3/h5-13,15,19H,14H2,1-4H3,(H,27,28). The van der Waals surface area contributed by atoms with Crippen LogP contribution in [0.5, 0.6) is 17.5 Å². The molecule has 32 heavy (non-hydrogen) atoms. The van der Waals surface area contributed by atoms with Crippen LogP contribution in [0.25, 0.3) is 0 Å². The highest BCUT2D eigenvalue weighted by Gasteiger charge is 2.44. The number of carboxylic acids is 1. The van der Waals surface area contributed by atoms with E-state index in [-0.39, 0.29) is 12.2 Å². The van der Waals surface area contributed by atoms with Gasteiger partial charge < -0.3 is 19.3 Å². The van der Waals surface area contributed by atoms with Gasteiger partial charge >= 0.3 is 5.97 Å². The van der Waals surface area contributed by atoms with E-state index < -0.39 is 17.5 Å².